The van der Waals surface area contributed by atoms with E-state index in [0.29, 0.717) is 12.3 Å². The van der Waals surface area contributed by atoms with Gasteiger partial charge in [-0.2, -0.15) is 5.26 Å². The number of benzene rings is 3. The summed E-state index contributed by atoms with van der Waals surface area (Å²) in [5.41, 5.74) is 3.65. The third-order valence-corrected chi connectivity index (χ3v) is 5.02. The maximum absolute atomic E-state index is 12.4. The first-order valence-corrected chi connectivity index (χ1v) is 10.1. The first-order chi connectivity index (χ1) is 14.0. The zero-order chi connectivity index (χ0) is 20.6. The number of nitrogens with zero attached hydrogens (tertiary/aromatic N) is 1. The van der Waals surface area contributed by atoms with Crippen LogP contribution in [-0.4, -0.2) is 5.91 Å². The van der Waals surface area contributed by atoms with Gasteiger partial charge in [0.25, 0.3) is 5.91 Å². The fourth-order valence-corrected chi connectivity index (χ4v) is 3.30. The van der Waals surface area contributed by atoms with Gasteiger partial charge in [0, 0.05) is 5.69 Å². The second-order valence-corrected chi connectivity index (χ2v) is 7.62. The van der Waals surface area contributed by atoms with E-state index in [0.717, 1.165) is 26.0 Å². The topological polar surface area (TPSA) is 62.1 Å². The Labute approximate surface area is 184 Å². The Morgan fingerprint density at radius 3 is 2.48 bits per heavy atom. The van der Waals surface area contributed by atoms with Crippen LogP contribution >= 0.6 is 22.6 Å². The van der Waals surface area contributed by atoms with Gasteiger partial charge in [0.15, 0.2) is 0 Å². The average Bonchev–Trinajstić information content (AvgIpc) is 2.73. The first-order valence-electron chi connectivity index (χ1n) is 9.01. The number of carbonyl (C=O) groups is 1. The smallest absolute Gasteiger partial charge is 0.266 e. The number of carbonyl (C=O) groups excluding carboxylic acids is 1. The van der Waals surface area contributed by atoms with Crippen LogP contribution in [0.15, 0.2) is 78.4 Å². The van der Waals surface area contributed by atoms with Gasteiger partial charge in [-0.25, -0.2) is 0 Å². The molecule has 4 nitrogen and oxygen atoms in total. The summed E-state index contributed by atoms with van der Waals surface area (Å²) in [6.45, 7) is 2.45. The quantitative estimate of drug-likeness (QED) is 0.271. The lowest BCUT2D eigenvalue weighted by atomic mass is 10.1. The van der Waals surface area contributed by atoms with E-state index in [9.17, 15) is 10.1 Å². The molecule has 144 valence electrons. The second kappa shape index (κ2) is 9.89. The molecule has 0 saturated heterocycles. The number of hydrogen-bond acceptors (Lipinski definition) is 3. The minimum absolute atomic E-state index is 0.0410. The van der Waals surface area contributed by atoms with Crippen LogP contribution in [0.4, 0.5) is 5.69 Å². The molecule has 0 saturated carbocycles. The van der Waals surface area contributed by atoms with E-state index in [2.05, 4.69) is 27.9 Å². The summed E-state index contributed by atoms with van der Waals surface area (Å²) in [6, 6.07) is 24.9. The Morgan fingerprint density at radius 2 is 1.83 bits per heavy atom. The summed E-state index contributed by atoms with van der Waals surface area (Å²) in [5.74, 6) is 0.324. The van der Waals surface area contributed by atoms with Crippen molar-refractivity contribution < 1.29 is 9.53 Å². The monoisotopic (exact) mass is 494 g/mol. The number of hydrogen-bond donors (Lipinski definition) is 1. The second-order valence-electron chi connectivity index (χ2n) is 6.45. The van der Waals surface area contributed by atoms with Crippen molar-refractivity contribution in [3.8, 4) is 11.8 Å². The summed E-state index contributed by atoms with van der Waals surface area (Å²) in [6.07, 6.45) is 1.58. The summed E-state index contributed by atoms with van der Waals surface area (Å²) in [4.78, 5) is 12.4. The molecule has 3 aromatic rings. The molecule has 1 amide bonds. The van der Waals surface area contributed by atoms with Crippen molar-refractivity contribution in [2.24, 2.45) is 0 Å². The number of nitrogens with one attached hydrogen (secondary N) is 1. The highest BCUT2D eigenvalue weighted by atomic mass is 127. The Bertz CT molecular complexity index is 1070. The van der Waals surface area contributed by atoms with Crippen molar-refractivity contribution >= 4 is 40.3 Å². The molecule has 0 aliphatic carbocycles. The molecule has 3 aromatic carbocycles. The fourth-order valence-electron chi connectivity index (χ4n) is 2.61. The highest BCUT2D eigenvalue weighted by Gasteiger charge is 2.10. The van der Waals surface area contributed by atoms with Crippen LogP contribution in [0.2, 0.25) is 0 Å². The number of amides is 1. The number of rotatable bonds is 6. The zero-order valence-electron chi connectivity index (χ0n) is 15.9. The molecule has 0 atom stereocenters. The van der Waals surface area contributed by atoms with Gasteiger partial charge in [-0.3, -0.25) is 4.79 Å². The van der Waals surface area contributed by atoms with Crippen LogP contribution < -0.4 is 10.1 Å². The summed E-state index contributed by atoms with van der Waals surface area (Å²) < 4.78 is 6.78. The fraction of sp³-hybridized carbons (Fsp3) is 0.0833. The third kappa shape index (κ3) is 5.93. The summed E-state index contributed by atoms with van der Waals surface area (Å²) in [7, 11) is 0. The number of anilines is 1. The van der Waals surface area contributed by atoms with Crippen molar-refractivity contribution in [2.45, 2.75) is 13.5 Å². The molecule has 1 N–H and O–H groups in total. The highest BCUT2D eigenvalue weighted by Crippen LogP contribution is 2.24. The van der Waals surface area contributed by atoms with Crippen molar-refractivity contribution in [1.29, 1.82) is 5.26 Å². The molecule has 0 radical (unpaired) electrons. The third-order valence-electron chi connectivity index (χ3n) is 4.18. The van der Waals surface area contributed by atoms with E-state index in [-0.39, 0.29) is 5.57 Å². The minimum Gasteiger partial charge on any atom is -0.488 e. The van der Waals surface area contributed by atoms with Gasteiger partial charge in [-0.05, 0) is 71.0 Å². The van der Waals surface area contributed by atoms with Gasteiger partial charge in [0.1, 0.15) is 24.0 Å². The minimum atomic E-state index is -0.434. The van der Waals surface area contributed by atoms with Crippen molar-refractivity contribution in [2.75, 3.05) is 5.32 Å². The molecular weight excluding hydrogens is 475 g/mol. The lowest BCUT2D eigenvalue weighted by molar-refractivity contribution is -0.112. The maximum atomic E-state index is 12.4. The van der Waals surface area contributed by atoms with Gasteiger partial charge in [0.2, 0.25) is 0 Å². The van der Waals surface area contributed by atoms with E-state index in [1.807, 2.05) is 85.8 Å². The molecular formula is C24H19IN2O2. The van der Waals surface area contributed by atoms with Gasteiger partial charge in [-0.15, -0.1) is 0 Å². The van der Waals surface area contributed by atoms with Gasteiger partial charge >= 0.3 is 0 Å². The molecule has 0 spiro atoms. The van der Waals surface area contributed by atoms with Crippen molar-refractivity contribution in [1.82, 2.24) is 0 Å². The molecule has 0 fully saturated rings. The molecule has 3 rings (SSSR count). The van der Waals surface area contributed by atoms with Crippen LogP contribution in [0.1, 0.15) is 16.7 Å². The summed E-state index contributed by atoms with van der Waals surface area (Å²) in [5, 5.41) is 12.2. The van der Waals surface area contributed by atoms with E-state index in [1.54, 1.807) is 6.08 Å². The number of aryl methyl sites for hydroxylation is 1. The molecule has 5 heteroatoms. The summed E-state index contributed by atoms with van der Waals surface area (Å²) >= 11 is 2.19. The predicted molar refractivity (Wildman–Crippen MR) is 123 cm³/mol. The van der Waals surface area contributed by atoms with Crippen LogP contribution in [-0.2, 0) is 11.4 Å². The van der Waals surface area contributed by atoms with Gasteiger partial charge in [0.05, 0.1) is 3.57 Å². The zero-order valence-corrected chi connectivity index (χ0v) is 18.0. The number of nitriles is 1. The first kappa shape index (κ1) is 20.6. The van der Waals surface area contributed by atoms with E-state index in [4.69, 9.17) is 4.74 Å². The Morgan fingerprint density at radius 1 is 1.10 bits per heavy atom. The van der Waals surface area contributed by atoms with E-state index >= 15 is 0 Å². The Hall–Kier alpha value is -3.11. The predicted octanol–water partition coefficient (Wildman–Crippen LogP) is 5.72. The Balaban J connectivity index is 1.70. The number of halogens is 1. The molecule has 0 unspecified atom stereocenters. The van der Waals surface area contributed by atoms with Crippen LogP contribution in [0, 0.1) is 21.8 Å². The largest absolute Gasteiger partial charge is 0.488 e. The van der Waals surface area contributed by atoms with Gasteiger partial charge < -0.3 is 10.1 Å². The molecule has 0 heterocycles. The number of ether oxygens (including phenoxy) is 1. The molecule has 0 aliphatic rings. The lowest BCUT2D eigenvalue weighted by Gasteiger charge is -2.09. The van der Waals surface area contributed by atoms with Crippen LogP contribution in [0.5, 0.6) is 5.75 Å². The standard InChI is InChI=1S/C24H19IN2O2/c1-17-7-10-21(11-8-17)27-24(28)20(15-26)13-19-9-12-23(22(25)14-19)29-16-18-5-3-2-4-6-18/h2-14H,16H2,1H3,(H,27,28)/b20-13+. The highest BCUT2D eigenvalue weighted by molar-refractivity contribution is 14.1. The van der Waals surface area contributed by atoms with E-state index < -0.39 is 5.91 Å². The molecule has 0 aromatic heterocycles. The van der Waals surface area contributed by atoms with Crippen LogP contribution in [0.25, 0.3) is 6.08 Å². The average molecular weight is 494 g/mol. The van der Waals surface area contributed by atoms with Crippen LogP contribution in [0.3, 0.4) is 0 Å². The lowest BCUT2D eigenvalue weighted by Crippen LogP contribution is -2.13. The van der Waals surface area contributed by atoms with Crippen molar-refractivity contribution in [3.63, 3.8) is 0 Å². The van der Waals surface area contributed by atoms with E-state index in [1.165, 1.54) is 0 Å². The molecule has 0 aliphatic heterocycles. The SMILES string of the molecule is Cc1ccc(NC(=O)/C(C#N)=C/c2ccc(OCc3ccccc3)c(I)c2)cc1. The van der Waals surface area contributed by atoms with Gasteiger partial charge in [-0.1, -0.05) is 54.1 Å². The molecule has 0 bridgehead atoms. The van der Waals surface area contributed by atoms with Crippen molar-refractivity contribution in [3.05, 3.63) is 98.6 Å². The normalized spacial score (nSPS) is 10.9. The molecule has 29 heavy (non-hydrogen) atoms. The Kier molecular flexibility index (Phi) is 7.04. The maximum Gasteiger partial charge on any atom is 0.266 e.